The normalized spacial score (nSPS) is 11.3. The third-order valence-corrected chi connectivity index (χ3v) is 1.67. The van der Waals surface area contributed by atoms with E-state index in [0.717, 1.165) is 5.56 Å². The van der Waals surface area contributed by atoms with Crippen LogP contribution in [0, 0.1) is 11.3 Å². The molecule has 0 radical (unpaired) electrons. The number of nitriles is 1. The van der Waals surface area contributed by atoms with Gasteiger partial charge in [-0.1, -0.05) is 30.3 Å². The Hall–Kier alpha value is -1.60. The highest BCUT2D eigenvalue weighted by Gasteiger charge is 2.08. The summed E-state index contributed by atoms with van der Waals surface area (Å²) < 4.78 is 0. The Labute approximate surface area is 82.2 Å². The minimum Gasteiger partial charge on any atom is -0.376 e. The molecule has 1 atom stereocenters. The zero-order chi connectivity index (χ0) is 9.68. The van der Waals surface area contributed by atoms with Gasteiger partial charge in [-0.3, -0.25) is 0 Å². The molecule has 0 fully saturated rings. The number of nitrogens with one attached hydrogen (secondary N) is 1. The SMILES string of the molecule is N#CC(NC(N)=S)c1ccccc1. The minimum absolute atomic E-state index is 0.135. The summed E-state index contributed by atoms with van der Waals surface area (Å²) in [4.78, 5) is 0. The molecule has 0 aliphatic heterocycles. The predicted octanol–water partition coefficient (Wildman–Crippen LogP) is 1.08. The molecule has 66 valence electrons. The van der Waals surface area contributed by atoms with Gasteiger partial charge >= 0.3 is 0 Å². The van der Waals surface area contributed by atoms with Gasteiger partial charge in [0.05, 0.1) is 6.07 Å². The first-order valence-corrected chi connectivity index (χ1v) is 4.15. The van der Waals surface area contributed by atoms with Crippen molar-refractivity contribution in [2.24, 2.45) is 5.73 Å². The number of hydrogen-bond donors (Lipinski definition) is 2. The molecule has 1 rings (SSSR count). The molecule has 13 heavy (non-hydrogen) atoms. The molecule has 0 amide bonds. The van der Waals surface area contributed by atoms with Crippen molar-refractivity contribution in [1.29, 1.82) is 5.26 Å². The molecular formula is C9H9N3S. The van der Waals surface area contributed by atoms with Crippen molar-refractivity contribution in [1.82, 2.24) is 5.32 Å². The Kier molecular flexibility index (Phi) is 3.23. The second kappa shape index (κ2) is 4.43. The van der Waals surface area contributed by atoms with E-state index >= 15 is 0 Å². The van der Waals surface area contributed by atoms with Gasteiger partial charge in [-0.25, -0.2) is 0 Å². The molecule has 0 aliphatic rings. The van der Waals surface area contributed by atoms with Crippen LogP contribution >= 0.6 is 12.2 Å². The number of nitrogens with two attached hydrogens (primary N) is 1. The van der Waals surface area contributed by atoms with Gasteiger partial charge in [0, 0.05) is 0 Å². The minimum atomic E-state index is -0.460. The van der Waals surface area contributed by atoms with E-state index < -0.39 is 6.04 Å². The second-order valence-electron chi connectivity index (χ2n) is 2.48. The quantitative estimate of drug-likeness (QED) is 0.687. The van der Waals surface area contributed by atoms with E-state index in [1.54, 1.807) is 0 Å². The standard InChI is InChI=1S/C9H9N3S/c10-6-8(12-9(11)13)7-4-2-1-3-5-7/h1-5,8H,(H3,11,12,13). The molecule has 3 N–H and O–H groups in total. The lowest BCUT2D eigenvalue weighted by Gasteiger charge is -2.10. The molecule has 3 nitrogen and oxygen atoms in total. The summed E-state index contributed by atoms with van der Waals surface area (Å²) >= 11 is 4.65. The highest BCUT2D eigenvalue weighted by Crippen LogP contribution is 2.10. The van der Waals surface area contributed by atoms with E-state index in [1.165, 1.54) is 0 Å². The van der Waals surface area contributed by atoms with E-state index in [2.05, 4.69) is 23.6 Å². The maximum Gasteiger partial charge on any atom is 0.164 e. The fourth-order valence-electron chi connectivity index (χ4n) is 0.978. The van der Waals surface area contributed by atoms with Crippen LogP contribution in [-0.2, 0) is 0 Å². The molecule has 0 saturated carbocycles. The highest BCUT2D eigenvalue weighted by molar-refractivity contribution is 7.80. The van der Waals surface area contributed by atoms with E-state index in [-0.39, 0.29) is 5.11 Å². The number of benzene rings is 1. The molecule has 0 bridgehead atoms. The van der Waals surface area contributed by atoms with Crippen LogP contribution in [-0.4, -0.2) is 5.11 Å². The van der Waals surface area contributed by atoms with Crippen molar-refractivity contribution in [3.8, 4) is 6.07 Å². The summed E-state index contributed by atoms with van der Waals surface area (Å²) in [5.74, 6) is 0. The Morgan fingerprint density at radius 1 is 1.46 bits per heavy atom. The van der Waals surface area contributed by atoms with Crippen LogP contribution in [0.5, 0.6) is 0 Å². The lowest BCUT2D eigenvalue weighted by Crippen LogP contribution is -2.32. The van der Waals surface area contributed by atoms with Crippen LogP contribution < -0.4 is 11.1 Å². The summed E-state index contributed by atoms with van der Waals surface area (Å²) in [6, 6.07) is 10.9. The molecule has 0 aliphatic carbocycles. The maximum absolute atomic E-state index is 8.80. The fourth-order valence-corrected chi connectivity index (χ4v) is 1.10. The van der Waals surface area contributed by atoms with Crippen molar-refractivity contribution >= 4 is 17.3 Å². The summed E-state index contributed by atoms with van der Waals surface area (Å²) in [5, 5.41) is 11.6. The summed E-state index contributed by atoms with van der Waals surface area (Å²) in [5.41, 5.74) is 6.13. The van der Waals surface area contributed by atoms with E-state index in [0.29, 0.717) is 0 Å². The molecule has 0 heterocycles. The Bertz CT molecular complexity index is 328. The number of thiocarbonyl (C=S) groups is 1. The van der Waals surface area contributed by atoms with E-state index in [1.807, 2.05) is 30.3 Å². The smallest absolute Gasteiger partial charge is 0.164 e. The van der Waals surface area contributed by atoms with Gasteiger partial charge < -0.3 is 11.1 Å². The first kappa shape index (κ1) is 9.49. The third-order valence-electron chi connectivity index (χ3n) is 1.55. The van der Waals surface area contributed by atoms with Gasteiger partial charge in [0.25, 0.3) is 0 Å². The lowest BCUT2D eigenvalue weighted by molar-refractivity contribution is 0.808. The molecule has 0 aromatic heterocycles. The van der Waals surface area contributed by atoms with Crippen LogP contribution in [0.15, 0.2) is 30.3 Å². The topological polar surface area (TPSA) is 61.8 Å². The molecule has 1 unspecified atom stereocenters. The monoisotopic (exact) mass is 191 g/mol. The Balaban J connectivity index is 2.80. The predicted molar refractivity (Wildman–Crippen MR) is 54.7 cm³/mol. The fraction of sp³-hybridized carbons (Fsp3) is 0.111. The molecule has 4 heteroatoms. The molecule has 1 aromatic rings. The van der Waals surface area contributed by atoms with Gasteiger partial charge in [-0.05, 0) is 17.8 Å². The van der Waals surface area contributed by atoms with Gasteiger partial charge in [0.1, 0.15) is 6.04 Å². The maximum atomic E-state index is 8.80. The van der Waals surface area contributed by atoms with Crippen molar-refractivity contribution in [2.75, 3.05) is 0 Å². The summed E-state index contributed by atoms with van der Waals surface area (Å²) in [6.07, 6.45) is 0. The third kappa shape index (κ3) is 2.73. The first-order valence-electron chi connectivity index (χ1n) is 3.74. The van der Waals surface area contributed by atoms with Crippen molar-refractivity contribution < 1.29 is 0 Å². The summed E-state index contributed by atoms with van der Waals surface area (Å²) in [6.45, 7) is 0. The first-order chi connectivity index (χ1) is 6.24. The number of nitrogens with zero attached hydrogens (tertiary/aromatic N) is 1. The number of hydrogen-bond acceptors (Lipinski definition) is 2. The zero-order valence-electron chi connectivity index (χ0n) is 6.90. The van der Waals surface area contributed by atoms with Crippen LogP contribution in [0.3, 0.4) is 0 Å². The van der Waals surface area contributed by atoms with Crippen LogP contribution in [0.2, 0.25) is 0 Å². The van der Waals surface area contributed by atoms with Crippen molar-refractivity contribution in [3.63, 3.8) is 0 Å². The van der Waals surface area contributed by atoms with Crippen LogP contribution in [0.25, 0.3) is 0 Å². The van der Waals surface area contributed by atoms with Crippen LogP contribution in [0.4, 0.5) is 0 Å². The van der Waals surface area contributed by atoms with Gasteiger partial charge in [-0.2, -0.15) is 5.26 Å². The summed E-state index contributed by atoms with van der Waals surface area (Å²) in [7, 11) is 0. The average molecular weight is 191 g/mol. The zero-order valence-corrected chi connectivity index (χ0v) is 7.71. The van der Waals surface area contributed by atoms with Gasteiger partial charge in [-0.15, -0.1) is 0 Å². The van der Waals surface area contributed by atoms with Gasteiger partial charge in [0.15, 0.2) is 5.11 Å². The molecule has 1 aromatic carbocycles. The second-order valence-corrected chi connectivity index (χ2v) is 2.92. The lowest BCUT2D eigenvalue weighted by atomic mass is 10.1. The van der Waals surface area contributed by atoms with E-state index in [4.69, 9.17) is 11.0 Å². The molecule has 0 saturated heterocycles. The van der Waals surface area contributed by atoms with Gasteiger partial charge in [0.2, 0.25) is 0 Å². The largest absolute Gasteiger partial charge is 0.376 e. The Morgan fingerprint density at radius 2 is 2.08 bits per heavy atom. The Morgan fingerprint density at radius 3 is 2.54 bits per heavy atom. The van der Waals surface area contributed by atoms with Crippen molar-refractivity contribution in [3.05, 3.63) is 35.9 Å². The van der Waals surface area contributed by atoms with Crippen LogP contribution in [0.1, 0.15) is 11.6 Å². The van der Waals surface area contributed by atoms with E-state index in [9.17, 15) is 0 Å². The average Bonchev–Trinajstić information content (AvgIpc) is 2.15. The van der Waals surface area contributed by atoms with Crippen molar-refractivity contribution in [2.45, 2.75) is 6.04 Å². The highest BCUT2D eigenvalue weighted by atomic mass is 32.1. The number of rotatable bonds is 2. The molecular weight excluding hydrogens is 182 g/mol. The molecule has 0 spiro atoms.